The quantitative estimate of drug-likeness (QED) is 0.815. The van der Waals surface area contributed by atoms with E-state index in [9.17, 15) is 0 Å². The third-order valence-corrected chi connectivity index (χ3v) is 3.64. The third-order valence-electron chi connectivity index (χ3n) is 2.97. The molecule has 0 aliphatic rings. The number of rotatable bonds is 6. The number of hydrogen-bond donors (Lipinski definition) is 1. The molecule has 1 N–H and O–H groups in total. The van der Waals surface area contributed by atoms with Gasteiger partial charge < -0.3 is 10.1 Å². The number of methoxy groups -OCH3 is 1. The highest BCUT2D eigenvalue weighted by molar-refractivity contribution is 9.10. The molecule has 0 saturated carbocycles. The Morgan fingerprint density at radius 1 is 1.45 bits per heavy atom. The lowest BCUT2D eigenvalue weighted by Crippen LogP contribution is -2.25. The molecule has 0 spiro atoms. The Hall–Kier alpha value is -1.31. The summed E-state index contributed by atoms with van der Waals surface area (Å²) in [6, 6.07) is 6.12. The smallest absolute Gasteiger partial charge is 0.173 e. The molecule has 0 radical (unpaired) electrons. The Kier molecular flexibility index (Phi) is 5.22. The van der Waals surface area contributed by atoms with Crippen LogP contribution < -0.4 is 5.32 Å². The van der Waals surface area contributed by atoms with E-state index >= 15 is 0 Å². The maximum atomic E-state index is 5.03. The molecule has 6 nitrogen and oxygen atoms in total. The second-order valence-electron chi connectivity index (χ2n) is 4.57. The van der Waals surface area contributed by atoms with E-state index in [1.807, 2.05) is 32.0 Å². The van der Waals surface area contributed by atoms with Crippen LogP contribution in [-0.2, 0) is 4.74 Å². The van der Waals surface area contributed by atoms with Gasteiger partial charge in [0, 0.05) is 18.1 Å². The summed E-state index contributed by atoms with van der Waals surface area (Å²) in [7, 11) is 1.68. The maximum absolute atomic E-state index is 5.03. The first-order chi connectivity index (χ1) is 9.63. The topological polar surface area (TPSA) is 64.9 Å². The summed E-state index contributed by atoms with van der Waals surface area (Å²) < 4.78 is 7.74. The molecule has 0 fully saturated rings. The Morgan fingerprint density at radius 3 is 3.00 bits per heavy atom. The number of benzene rings is 1. The van der Waals surface area contributed by atoms with E-state index < -0.39 is 0 Å². The van der Waals surface area contributed by atoms with E-state index in [1.54, 1.807) is 11.8 Å². The van der Waals surface area contributed by atoms with E-state index in [0.29, 0.717) is 6.61 Å². The standard InChI is InChI=1S/C13H18BrN5O/c1-9-4-5-11(14)12(8-9)19-13(16-17-18-19)10(2)15-6-7-20-3/h4-5,8,10,15H,6-7H2,1-3H3. The molecule has 0 saturated heterocycles. The van der Waals surface area contributed by atoms with Crippen LogP contribution in [0.5, 0.6) is 0 Å². The van der Waals surface area contributed by atoms with Crippen molar-refractivity contribution in [3.8, 4) is 5.69 Å². The molecule has 1 heterocycles. The number of ether oxygens (including phenoxy) is 1. The molecule has 1 unspecified atom stereocenters. The summed E-state index contributed by atoms with van der Waals surface area (Å²) in [5.74, 6) is 0.771. The lowest BCUT2D eigenvalue weighted by Gasteiger charge is -2.14. The minimum Gasteiger partial charge on any atom is -0.383 e. The molecule has 2 rings (SSSR count). The fourth-order valence-corrected chi connectivity index (χ4v) is 2.30. The monoisotopic (exact) mass is 339 g/mol. The van der Waals surface area contributed by atoms with Gasteiger partial charge in [0.2, 0.25) is 0 Å². The van der Waals surface area contributed by atoms with Crippen LogP contribution in [0.4, 0.5) is 0 Å². The van der Waals surface area contributed by atoms with Crippen molar-refractivity contribution in [3.05, 3.63) is 34.1 Å². The van der Waals surface area contributed by atoms with Gasteiger partial charge in [-0.1, -0.05) is 6.07 Å². The zero-order valence-corrected chi connectivity index (χ0v) is 13.4. The predicted molar refractivity (Wildman–Crippen MR) is 79.9 cm³/mol. The molecule has 1 aromatic carbocycles. The fraction of sp³-hybridized carbons (Fsp3) is 0.462. The van der Waals surface area contributed by atoms with Crippen LogP contribution in [0.25, 0.3) is 5.69 Å². The average molecular weight is 340 g/mol. The van der Waals surface area contributed by atoms with Crippen molar-refractivity contribution in [3.63, 3.8) is 0 Å². The summed E-state index contributed by atoms with van der Waals surface area (Å²) >= 11 is 3.54. The summed E-state index contributed by atoms with van der Waals surface area (Å²) in [6.07, 6.45) is 0. The van der Waals surface area contributed by atoms with Gasteiger partial charge in [-0.3, -0.25) is 0 Å². The molecule has 20 heavy (non-hydrogen) atoms. The van der Waals surface area contributed by atoms with Gasteiger partial charge >= 0.3 is 0 Å². The van der Waals surface area contributed by atoms with E-state index in [4.69, 9.17) is 4.74 Å². The molecule has 0 amide bonds. The van der Waals surface area contributed by atoms with Crippen LogP contribution in [0.15, 0.2) is 22.7 Å². The Bertz CT molecular complexity index is 572. The van der Waals surface area contributed by atoms with Gasteiger partial charge in [0.25, 0.3) is 0 Å². The molecular weight excluding hydrogens is 322 g/mol. The van der Waals surface area contributed by atoms with Crippen LogP contribution in [0.1, 0.15) is 24.4 Å². The van der Waals surface area contributed by atoms with Crippen molar-refractivity contribution < 1.29 is 4.74 Å². The Balaban J connectivity index is 2.26. The second kappa shape index (κ2) is 6.92. The first-order valence-electron chi connectivity index (χ1n) is 6.40. The van der Waals surface area contributed by atoms with Crippen molar-refractivity contribution in [2.45, 2.75) is 19.9 Å². The first-order valence-corrected chi connectivity index (χ1v) is 7.20. The molecule has 1 aromatic heterocycles. The van der Waals surface area contributed by atoms with Gasteiger partial charge in [-0.05, 0) is 57.9 Å². The van der Waals surface area contributed by atoms with Crippen molar-refractivity contribution in [2.75, 3.05) is 20.3 Å². The van der Waals surface area contributed by atoms with E-state index in [0.717, 1.165) is 28.1 Å². The number of nitrogens with zero attached hydrogens (tertiary/aromatic N) is 4. The predicted octanol–water partition coefficient (Wildman–Crippen LogP) is 2.03. The maximum Gasteiger partial charge on any atom is 0.173 e. The van der Waals surface area contributed by atoms with Gasteiger partial charge in [0.05, 0.1) is 18.3 Å². The van der Waals surface area contributed by atoms with Crippen LogP contribution in [0.3, 0.4) is 0 Å². The molecular formula is C13H18BrN5O. The average Bonchev–Trinajstić information content (AvgIpc) is 2.91. The Morgan fingerprint density at radius 2 is 2.25 bits per heavy atom. The molecule has 7 heteroatoms. The minimum atomic E-state index is 0.0348. The molecule has 108 valence electrons. The van der Waals surface area contributed by atoms with E-state index in [2.05, 4.69) is 36.8 Å². The van der Waals surface area contributed by atoms with Gasteiger partial charge in [-0.2, -0.15) is 4.68 Å². The minimum absolute atomic E-state index is 0.0348. The third kappa shape index (κ3) is 3.41. The highest BCUT2D eigenvalue weighted by Crippen LogP contribution is 2.23. The van der Waals surface area contributed by atoms with Crippen LogP contribution in [0.2, 0.25) is 0 Å². The van der Waals surface area contributed by atoms with Gasteiger partial charge in [-0.15, -0.1) is 5.10 Å². The zero-order valence-electron chi connectivity index (χ0n) is 11.8. The van der Waals surface area contributed by atoms with Crippen LogP contribution in [-0.4, -0.2) is 40.5 Å². The summed E-state index contributed by atoms with van der Waals surface area (Å²) in [5, 5.41) is 15.3. The van der Waals surface area contributed by atoms with Gasteiger partial charge in [0.1, 0.15) is 0 Å². The second-order valence-corrected chi connectivity index (χ2v) is 5.43. The van der Waals surface area contributed by atoms with Gasteiger partial charge in [-0.25, -0.2) is 0 Å². The zero-order chi connectivity index (χ0) is 14.5. The largest absolute Gasteiger partial charge is 0.383 e. The normalized spacial score (nSPS) is 12.6. The molecule has 0 aliphatic heterocycles. The number of aromatic nitrogens is 4. The van der Waals surface area contributed by atoms with Crippen molar-refractivity contribution in [2.24, 2.45) is 0 Å². The number of tetrazole rings is 1. The highest BCUT2D eigenvalue weighted by atomic mass is 79.9. The first kappa shape index (κ1) is 15.1. The lowest BCUT2D eigenvalue weighted by molar-refractivity contribution is 0.196. The summed E-state index contributed by atoms with van der Waals surface area (Å²) in [6.45, 7) is 5.47. The van der Waals surface area contributed by atoms with Gasteiger partial charge in [0.15, 0.2) is 5.82 Å². The number of nitrogens with one attached hydrogen (secondary N) is 1. The SMILES string of the molecule is COCCNC(C)c1nnnn1-c1cc(C)ccc1Br. The molecule has 1 atom stereocenters. The van der Waals surface area contributed by atoms with E-state index in [1.165, 1.54) is 0 Å². The van der Waals surface area contributed by atoms with Crippen molar-refractivity contribution >= 4 is 15.9 Å². The number of aryl methyl sites for hydroxylation is 1. The van der Waals surface area contributed by atoms with E-state index in [-0.39, 0.29) is 6.04 Å². The summed E-state index contributed by atoms with van der Waals surface area (Å²) in [4.78, 5) is 0. The highest BCUT2D eigenvalue weighted by Gasteiger charge is 2.16. The summed E-state index contributed by atoms with van der Waals surface area (Å²) in [5.41, 5.74) is 2.09. The van der Waals surface area contributed by atoms with Crippen LogP contribution in [0, 0.1) is 6.92 Å². The fourth-order valence-electron chi connectivity index (χ4n) is 1.89. The number of hydrogen-bond acceptors (Lipinski definition) is 5. The van der Waals surface area contributed by atoms with Crippen molar-refractivity contribution in [1.82, 2.24) is 25.5 Å². The Labute approximate surface area is 126 Å². The lowest BCUT2D eigenvalue weighted by atomic mass is 10.2. The van der Waals surface area contributed by atoms with Crippen molar-refractivity contribution in [1.29, 1.82) is 0 Å². The van der Waals surface area contributed by atoms with Crippen LogP contribution >= 0.6 is 15.9 Å². The number of halogens is 1. The molecule has 2 aromatic rings. The molecule has 0 aliphatic carbocycles. The molecule has 0 bridgehead atoms.